The molecule has 0 spiro atoms. The zero-order valence-electron chi connectivity index (χ0n) is 6.31. The smallest absolute Gasteiger partial charge is 0.313 e. The van der Waals surface area contributed by atoms with Crippen LogP contribution >= 0.6 is 0 Å². The average Bonchev–Trinajstić information content (AvgIpc) is 2.16. The number of carbonyl (C=O) groups excluding carboxylic acids is 1. The Morgan fingerprint density at radius 2 is 2.00 bits per heavy atom. The second-order valence-electron chi connectivity index (χ2n) is 2.39. The molecule has 0 aromatic heterocycles. The summed E-state index contributed by atoms with van der Waals surface area (Å²) in [6.45, 7) is 0. The van der Waals surface area contributed by atoms with Gasteiger partial charge in [-0.2, -0.15) is 0 Å². The van der Waals surface area contributed by atoms with Gasteiger partial charge in [0.05, 0.1) is 0 Å². The van der Waals surface area contributed by atoms with Crippen LogP contribution in [0, 0.1) is 6.23 Å². The molecule has 69 valence electrons. The van der Waals surface area contributed by atoms with Crippen molar-refractivity contribution in [2.24, 2.45) is 0 Å². The number of carbonyl (C=O) groups is 1. The largest absolute Gasteiger partial charge is 0.524 e. The van der Waals surface area contributed by atoms with Crippen LogP contribution in [0.25, 0.3) is 0 Å². The van der Waals surface area contributed by atoms with E-state index in [1.165, 1.54) is 7.05 Å². The normalized spacial score (nSPS) is 20.7. The van der Waals surface area contributed by atoms with Gasteiger partial charge in [0, 0.05) is 19.9 Å². The number of halogens is 3. The van der Waals surface area contributed by atoms with Crippen LogP contribution in [0.2, 0.25) is 0 Å². The molecule has 1 radical (unpaired) electrons. The van der Waals surface area contributed by atoms with E-state index < -0.39 is 6.36 Å². The highest BCUT2D eigenvalue weighted by atomic mass is 19.4. The van der Waals surface area contributed by atoms with Crippen molar-refractivity contribution in [3.8, 4) is 0 Å². The summed E-state index contributed by atoms with van der Waals surface area (Å²) < 4.78 is 38.5. The lowest BCUT2D eigenvalue weighted by Crippen LogP contribution is -2.29. The van der Waals surface area contributed by atoms with E-state index in [1.54, 1.807) is 0 Å². The van der Waals surface area contributed by atoms with E-state index in [2.05, 4.69) is 4.74 Å². The Morgan fingerprint density at radius 1 is 1.42 bits per heavy atom. The van der Waals surface area contributed by atoms with E-state index >= 15 is 0 Å². The van der Waals surface area contributed by atoms with Crippen molar-refractivity contribution in [1.82, 2.24) is 4.90 Å². The van der Waals surface area contributed by atoms with Gasteiger partial charge in [0.2, 0.25) is 12.1 Å². The number of likely N-dealkylation sites (tertiary alicyclic amines) is 1. The van der Waals surface area contributed by atoms with E-state index in [0.717, 1.165) is 4.90 Å². The Labute approximate surface area is 67.1 Å². The van der Waals surface area contributed by atoms with Crippen molar-refractivity contribution in [2.75, 3.05) is 7.05 Å². The van der Waals surface area contributed by atoms with Crippen molar-refractivity contribution in [2.45, 2.75) is 19.2 Å². The van der Waals surface area contributed by atoms with Gasteiger partial charge in [-0.15, -0.1) is 13.2 Å². The highest BCUT2D eigenvalue weighted by Crippen LogP contribution is 2.31. The maximum atomic E-state index is 11.6. The fourth-order valence-corrected chi connectivity index (χ4v) is 0.941. The standard InChI is InChI=1S/C6H7F3NO2/c1-10-4(11)2-3-5(10)12-6(7,8)9/h2-3H2,1H3. The van der Waals surface area contributed by atoms with Gasteiger partial charge in [-0.1, -0.05) is 0 Å². The van der Waals surface area contributed by atoms with Gasteiger partial charge in [-0.3, -0.25) is 9.53 Å². The van der Waals surface area contributed by atoms with Gasteiger partial charge >= 0.3 is 6.36 Å². The van der Waals surface area contributed by atoms with Crippen molar-refractivity contribution in [3.63, 3.8) is 0 Å². The zero-order valence-corrected chi connectivity index (χ0v) is 6.31. The molecule has 0 unspecified atom stereocenters. The third-order valence-electron chi connectivity index (χ3n) is 1.53. The minimum Gasteiger partial charge on any atom is -0.313 e. The topological polar surface area (TPSA) is 29.5 Å². The van der Waals surface area contributed by atoms with E-state index in [0.29, 0.717) is 0 Å². The molecule has 1 saturated heterocycles. The van der Waals surface area contributed by atoms with Gasteiger partial charge in [0.15, 0.2) is 0 Å². The molecule has 1 aliphatic rings. The Kier molecular flexibility index (Phi) is 2.27. The lowest BCUT2D eigenvalue weighted by molar-refractivity contribution is -0.328. The third kappa shape index (κ3) is 2.10. The molecular formula is C6H7F3NO2. The molecule has 1 amide bonds. The van der Waals surface area contributed by atoms with Gasteiger partial charge in [-0.25, -0.2) is 0 Å². The zero-order chi connectivity index (χ0) is 9.35. The summed E-state index contributed by atoms with van der Waals surface area (Å²) in [6.07, 6.45) is -4.92. The van der Waals surface area contributed by atoms with E-state index in [9.17, 15) is 18.0 Å². The molecule has 1 fully saturated rings. The molecule has 0 saturated carbocycles. The molecule has 1 rings (SSSR count). The highest BCUT2D eigenvalue weighted by Gasteiger charge is 2.40. The Bertz CT molecular complexity index is 192. The summed E-state index contributed by atoms with van der Waals surface area (Å²) in [4.78, 5) is 11.6. The number of hydrogen-bond donors (Lipinski definition) is 0. The Morgan fingerprint density at radius 3 is 2.33 bits per heavy atom. The maximum Gasteiger partial charge on any atom is 0.524 e. The summed E-state index contributed by atoms with van der Waals surface area (Å²) in [5.74, 6) is -0.353. The SMILES string of the molecule is CN1[C](OC(F)(F)F)CCC1=O. The number of nitrogens with zero attached hydrogens (tertiary/aromatic N) is 1. The predicted molar refractivity (Wildman–Crippen MR) is 32.4 cm³/mol. The summed E-state index contributed by atoms with van der Waals surface area (Å²) in [5.41, 5.74) is 0. The fourth-order valence-electron chi connectivity index (χ4n) is 0.941. The monoisotopic (exact) mass is 182 g/mol. The molecule has 1 heterocycles. The van der Waals surface area contributed by atoms with Gasteiger partial charge < -0.3 is 4.90 Å². The number of hydrogen-bond acceptors (Lipinski definition) is 2. The lowest BCUT2D eigenvalue weighted by atomic mass is 10.3. The summed E-state index contributed by atoms with van der Waals surface area (Å²) in [7, 11) is 1.26. The summed E-state index contributed by atoms with van der Waals surface area (Å²) >= 11 is 0. The molecule has 1 aliphatic heterocycles. The second-order valence-corrected chi connectivity index (χ2v) is 2.39. The van der Waals surface area contributed by atoms with E-state index in [-0.39, 0.29) is 25.0 Å². The summed E-state index contributed by atoms with van der Waals surface area (Å²) in [5, 5.41) is 0. The predicted octanol–water partition coefficient (Wildman–Crippen LogP) is 1.26. The van der Waals surface area contributed by atoms with E-state index in [1.807, 2.05) is 0 Å². The maximum absolute atomic E-state index is 11.6. The molecule has 0 bridgehead atoms. The quantitative estimate of drug-likeness (QED) is 0.611. The molecule has 0 aliphatic carbocycles. The molecule has 0 aromatic carbocycles. The number of rotatable bonds is 1. The third-order valence-corrected chi connectivity index (χ3v) is 1.53. The molecular weight excluding hydrogens is 175 g/mol. The van der Waals surface area contributed by atoms with Crippen LogP contribution in [0.15, 0.2) is 0 Å². The Hall–Kier alpha value is -0.780. The molecule has 0 atom stereocenters. The van der Waals surface area contributed by atoms with Crippen LogP contribution in [0.1, 0.15) is 12.8 Å². The molecule has 0 N–H and O–H groups in total. The first-order chi connectivity index (χ1) is 5.40. The Balaban J connectivity index is 2.50. The molecule has 12 heavy (non-hydrogen) atoms. The molecule has 0 aromatic rings. The molecule has 6 heteroatoms. The first-order valence-electron chi connectivity index (χ1n) is 3.28. The van der Waals surface area contributed by atoms with Crippen LogP contribution in [-0.4, -0.2) is 24.2 Å². The van der Waals surface area contributed by atoms with Crippen LogP contribution < -0.4 is 0 Å². The number of amides is 1. The van der Waals surface area contributed by atoms with Crippen LogP contribution in [0.5, 0.6) is 0 Å². The minimum atomic E-state index is -4.70. The number of alkyl halides is 3. The first-order valence-corrected chi connectivity index (χ1v) is 3.28. The molecule has 3 nitrogen and oxygen atoms in total. The van der Waals surface area contributed by atoms with Gasteiger partial charge in [0.25, 0.3) is 0 Å². The summed E-state index contributed by atoms with van der Waals surface area (Å²) in [6, 6.07) is 0. The van der Waals surface area contributed by atoms with E-state index in [4.69, 9.17) is 0 Å². The number of ether oxygens (including phenoxy) is 1. The van der Waals surface area contributed by atoms with Crippen molar-refractivity contribution < 1.29 is 22.7 Å². The van der Waals surface area contributed by atoms with Crippen LogP contribution in [0.3, 0.4) is 0 Å². The van der Waals surface area contributed by atoms with Crippen molar-refractivity contribution in [1.29, 1.82) is 0 Å². The fraction of sp³-hybridized carbons (Fsp3) is 0.667. The first kappa shape index (κ1) is 9.31. The highest BCUT2D eigenvalue weighted by molar-refractivity contribution is 5.79. The minimum absolute atomic E-state index is 0.0227. The van der Waals surface area contributed by atoms with Crippen molar-refractivity contribution in [3.05, 3.63) is 6.23 Å². The average molecular weight is 182 g/mol. The lowest BCUT2D eigenvalue weighted by Gasteiger charge is -2.19. The van der Waals surface area contributed by atoms with Crippen LogP contribution in [0.4, 0.5) is 13.2 Å². The second kappa shape index (κ2) is 2.93. The van der Waals surface area contributed by atoms with Crippen LogP contribution in [-0.2, 0) is 9.53 Å². The van der Waals surface area contributed by atoms with Gasteiger partial charge in [-0.05, 0) is 0 Å². The van der Waals surface area contributed by atoms with Crippen molar-refractivity contribution >= 4 is 5.91 Å². The van der Waals surface area contributed by atoms with Gasteiger partial charge in [0.1, 0.15) is 0 Å².